The Labute approximate surface area is 370 Å². The van der Waals surface area contributed by atoms with Crippen molar-refractivity contribution in [1.29, 1.82) is 0 Å². The first kappa shape index (κ1) is 43.1. The molecule has 0 saturated carbocycles. The molecule has 0 saturated heterocycles. The predicted octanol–water partition coefficient (Wildman–Crippen LogP) is 8.58. The molecule has 0 aliphatic carbocycles. The Morgan fingerprint density at radius 1 is 0.433 bits per heavy atom. The van der Waals surface area contributed by atoms with Crippen LogP contribution in [0.4, 0.5) is 0 Å². The third-order valence-electron chi connectivity index (χ3n) is 11.1. The molecular formula is C38H28Br4O16S2. The molecule has 0 aliphatic rings. The summed E-state index contributed by atoms with van der Waals surface area (Å²) >= 11 is 13.1. The fourth-order valence-electron chi connectivity index (χ4n) is 9.02. The molecule has 0 amide bonds. The van der Waals surface area contributed by atoms with Crippen LogP contribution in [0, 0.1) is 0 Å². The minimum absolute atomic E-state index is 0.000348. The number of hydrogen-bond donors (Lipinski definition) is 8. The van der Waals surface area contributed by atoms with E-state index in [1.807, 2.05) is 0 Å². The van der Waals surface area contributed by atoms with Crippen LogP contribution in [-0.4, -0.2) is 68.8 Å². The first-order valence-corrected chi connectivity index (χ1v) is 23.7. The van der Waals surface area contributed by atoms with Gasteiger partial charge in [-0.15, -0.1) is 0 Å². The molecule has 2 atom stereocenters. The number of phenolic OH excluding ortho intramolecular Hbond substituents is 6. The average Bonchev–Trinajstić information content (AvgIpc) is 3.14. The average molecular weight is 1120 g/mol. The first-order chi connectivity index (χ1) is 28.0. The van der Waals surface area contributed by atoms with E-state index >= 15 is 0 Å². The normalized spacial score (nSPS) is 14.2. The summed E-state index contributed by atoms with van der Waals surface area (Å²) in [5.41, 5.74) is -1.94. The second-order valence-electron chi connectivity index (χ2n) is 14.5. The van der Waals surface area contributed by atoms with E-state index in [-0.39, 0.29) is 86.8 Å². The lowest BCUT2D eigenvalue weighted by Gasteiger charge is -2.28. The second kappa shape index (κ2) is 14.5. The summed E-state index contributed by atoms with van der Waals surface area (Å²) in [5.74, 6) is -4.37. The van der Waals surface area contributed by atoms with Gasteiger partial charge in [-0.25, -0.2) is 8.37 Å². The Kier molecular flexibility index (Phi) is 10.4. The van der Waals surface area contributed by atoms with E-state index in [2.05, 4.69) is 63.7 Å². The molecule has 8 rings (SSSR count). The van der Waals surface area contributed by atoms with E-state index in [0.717, 1.165) is 0 Å². The van der Waals surface area contributed by atoms with Crippen LogP contribution >= 0.6 is 63.7 Å². The Hall–Kier alpha value is -3.58. The maximum Gasteiger partial charge on any atom is 0.397 e. The van der Waals surface area contributed by atoms with Crippen LogP contribution < -0.4 is 10.9 Å². The van der Waals surface area contributed by atoms with Gasteiger partial charge in [0.25, 0.3) is 0 Å². The van der Waals surface area contributed by atoms with Crippen molar-refractivity contribution in [3.8, 4) is 34.5 Å². The molecule has 0 bridgehead atoms. The van der Waals surface area contributed by atoms with E-state index in [0.29, 0.717) is 12.8 Å². The summed E-state index contributed by atoms with van der Waals surface area (Å²) in [5, 5.41) is 68.0. The third kappa shape index (κ3) is 6.03. The molecule has 0 radical (unpaired) electrons. The number of halogens is 4. The van der Waals surface area contributed by atoms with Gasteiger partial charge in [-0.2, -0.15) is 16.8 Å². The van der Waals surface area contributed by atoms with E-state index in [4.69, 9.17) is 8.37 Å². The second-order valence-corrected chi connectivity index (χ2v) is 19.8. The van der Waals surface area contributed by atoms with Gasteiger partial charge >= 0.3 is 20.8 Å². The maximum absolute atomic E-state index is 15.0. The predicted molar refractivity (Wildman–Crippen MR) is 237 cm³/mol. The molecule has 8 N–H and O–H groups in total. The highest BCUT2D eigenvalue weighted by molar-refractivity contribution is 9.11. The Morgan fingerprint density at radius 2 is 0.683 bits per heavy atom. The van der Waals surface area contributed by atoms with Gasteiger partial charge in [0.2, 0.25) is 10.9 Å². The van der Waals surface area contributed by atoms with Crippen LogP contribution in [0.3, 0.4) is 0 Å². The van der Waals surface area contributed by atoms with Gasteiger partial charge < -0.3 is 30.6 Å². The molecular weight excluding hydrogens is 1100 g/mol. The quantitative estimate of drug-likeness (QED) is 0.0323. The Morgan fingerprint density at radius 3 is 0.967 bits per heavy atom. The minimum atomic E-state index is -5.10. The van der Waals surface area contributed by atoms with Crippen LogP contribution in [0.5, 0.6) is 34.5 Å². The highest BCUT2D eigenvalue weighted by Gasteiger charge is 2.38. The van der Waals surface area contributed by atoms with Crippen molar-refractivity contribution in [3.63, 3.8) is 0 Å². The molecule has 316 valence electrons. The monoisotopic (exact) mass is 1120 g/mol. The number of aromatic hydroxyl groups is 6. The smallest absolute Gasteiger partial charge is 0.397 e. The lowest BCUT2D eigenvalue weighted by molar-refractivity contribution is 0.170. The van der Waals surface area contributed by atoms with E-state index in [1.165, 1.54) is 0 Å². The molecule has 8 aromatic rings. The van der Waals surface area contributed by atoms with Crippen molar-refractivity contribution < 1.29 is 64.9 Å². The van der Waals surface area contributed by atoms with E-state index in [9.17, 15) is 66.2 Å². The van der Waals surface area contributed by atoms with Gasteiger partial charge in [-0.1, -0.05) is 26.7 Å². The summed E-state index contributed by atoms with van der Waals surface area (Å²) in [4.78, 5) is 29.9. The molecule has 16 nitrogen and oxygen atoms in total. The molecule has 0 aromatic heterocycles. The fraction of sp³-hybridized carbons (Fsp3) is 0.263. The van der Waals surface area contributed by atoms with Crippen molar-refractivity contribution in [3.05, 3.63) is 49.5 Å². The number of benzene rings is 8. The van der Waals surface area contributed by atoms with Crippen molar-refractivity contribution in [2.75, 3.05) is 0 Å². The highest BCUT2D eigenvalue weighted by atomic mass is 79.9. The first-order valence-electron chi connectivity index (χ1n) is 17.8. The number of rotatable bonds is 12. The van der Waals surface area contributed by atoms with Gasteiger partial charge in [0.1, 0.15) is 43.4 Å². The third-order valence-corrected chi connectivity index (χ3v) is 15.3. The number of fused-ring (bicyclic) bond motifs is 2. The SMILES string of the molecule is CCC[C@H](Cc1c(Br)c(O)c2c(=O)c3c(O)c(Br)c(O)c4c5c(O)c(Br)c(O)c6c(=O)c7c(O)c(Br)c(C[C@@H](CCC)OS(=O)(=O)O)c8c1c2c(c34)c(c65)c78)OS(=O)(=O)O. The standard InChI is InChI=1S/C38H28Br4O16S2/c1-3-5-9(57-59(51,52)53)7-11-13-14-12(8-10(6-4-2)58-60(54,55)56)28(40)36(48)24-16(14)18-17-15(13)23(35(47)27(11)39)31(43)25-19(17)21(33(45)29(41)37(25)49)22-20(18)26(32(24)44)38(50)30(42)34(22)46/h9-10,45-50H,3-8H2,1-2H3,(H,51,52,53)(H,54,55,56)/t9-,10-/m1/s1. The number of hydrogen-bond acceptors (Lipinski definition) is 14. The zero-order valence-electron chi connectivity index (χ0n) is 30.6. The topological polar surface area (TPSA) is 283 Å². The summed E-state index contributed by atoms with van der Waals surface area (Å²) in [6, 6.07) is 0. The molecule has 0 heterocycles. The highest BCUT2D eigenvalue weighted by Crippen LogP contribution is 2.61. The zero-order chi connectivity index (χ0) is 44.0. The summed E-state index contributed by atoms with van der Waals surface area (Å²) < 4.78 is 77.2. The van der Waals surface area contributed by atoms with Crippen LogP contribution in [-0.2, 0) is 42.0 Å². The maximum atomic E-state index is 15.0. The molecule has 0 unspecified atom stereocenters. The van der Waals surface area contributed by atoms with Crippen LogP contribution in [0.2, 0.25) is 0 Å². The molecule has 60 heavy (non-hydrogen) atoms. The summed E-state index contributed by atoms with van der Waals surface area (Å²) in [6.07, 6.45) is -2.90. The number of phenols is 6. The molecule has 0 spiro atoms. The van der Waals surface area contributed by atoms with Crippen molar-refractivity contribution >= 4 is 160 Å². The summed E-state index contributed by atoms with van der Waals surface area (Å²) in [7, 11) is -10.2. The van der Waals surface area contributed by atoms with Crippen LogP contribution in [0.25, 0.3) is 75.4 Å². The fourth-order valence-corrected chi connectivity index (χ4v) is 11.9. The van der Waals surface area contributed by atoms with Gasteiger partial charge in [-0.05, 0) is 98.5 Å². The van der Waals surface area contributed by atoms with E-state index in [1.54, 1.807) is 13.8 Å². The van der Waals surface area contributed by atoms with E-state index < -0.39 is 122 Å². The minimum Gasteiger partial charge on any atom is -0.506 e. The van der Waals surface area contributed by atoms with Crippen molar-refractivity contribution in [2.45, 2.75) is 64.6 Å². The molecule has 0 aliphatic heterocycles. The van der Waals surface area contributed by atoms with Gasteiger partial charge in [0, 0.05) is 55.9 Å². The van der Waals surface area contributed by atoms with Crippen LogP contribution in [0.15, 0.2) is 27.5 Å². The summed E-state index contributed by atoms with van der Waals surface area (Å²) in [6.45, 7) is 3.41. The van der Waals surface area contributed by atoms with Crippen molar-refractivity contribution in [1.82, 2.24) is 0 Å². The van der Waals surface area contributed by atoms with Gasteiger partial charge in [0.05, 0.1) is 42.7 Å². The molecule has 22 heteroatoms. The lowest BCUT2D eigenvalue weighted by atomic mass is 9.76. The largest absolute Gasteiger partial charge is 0.506 e. The van der Waals surface area contributed by atoms with Gasteiger partial charge in [0.15, 0.2) is 0 Å². The Bertz CT molecular complexity index is 3300. The zero-order valence-corrected chi connectivity index (χ0v) is 38.5. The lowest BCUT2D eigenvalue weighted by Crippen LogP contribution is -2.22. The molecule has 0 fully saturated rings. The Balaban J connectivity index is 1.81. The van der Waals surface area contributed by atoms with Gasteiger partial charge in [-0.3, -0.25) is 18.7 Å². The molecule has 8 aromatic carbocycles. The van der Waals surface area contributed by atoms with Crippen LogP contribution in [0.1, 0.15) is 50.7 Å². The van der Waals surface area contributed by atoms with Crippen molar-refractivity contribution in [2.24, 2.45) is 0 Å².